The molecule has 1 atom stereocenters. The van der Waals surface area contributed by atoms with Crippen molar-refractivity contribution < 1.29 is 19.1 Å². The molecule has 0 bridgehead atoms. The Kier molecular flexibility index (Phi) is 4.97. The first-order valence-electron chi connectivity index (χ1n) is 9.92. The number of amides is 1. The van der Waals surface area contributed by atoms with Crippen molar-refractivity contribution in [1.29, 1.82) is 0 Å². The number of ether oxygens (including phenoxy) is 2. The topological polar surface area (TPSA) is 84.5 Å². The molecule has 1 aliphatic rings. The molecule has 0 spiro atoms. The molecule has 1 aromatic carbocycles. The second-order valence-corrected chi connectivity index (χ2v) is 8.36. The fraction of sp³-hybridized carbons (Fsp3) is 0.348. The van der Waals surface area contributed by atoms with Gasteiger partial charge in [0.2, 0.25) is 0 Å². The van der Waals surface area contributed by atoms with E-state index in [2.05, 4.69) is 16.0 Å². The van der Waals surface area contributed by atoms with Gasteiger partial charge < -0.3 is 14.5 Å². The smallest absolute Gasteiger partial charge is 0.411 e. The molecule has 0 saturated carbocycles. The number of carbonyl (C=O) groups excluding carboxylic acids is 2. The summed E-state index contributed by atoms with van der Waals surface area (Å²) >= 11 is 0. The largest absolute Gasteiger partial charge is 0.464 e. The molecule has 0 unspecified atom stereocenters. The molecule has 4 rings (SSSR count). The van der Waals surface area contributed by atoms with Crippen LogP contribution in [0.25, 0.3) is 10.9 Å². The molecule has 2 aromatic heterocycles. The van der Waals surface area contributed by atoms with Crippen LogP contribution in [0.15, 0.2) is 42.6 Å². The van der Waals surface area contributed by atoms with Gasteiger partial charge in [-0.1, -0.05) is 24.3 Å². The van der Waals surface area contributed by atoms with E-state index in [1.54, 1.807) is 17.2 Å². The van der Waals surface area contributed by atoms with Crippen LogP contribution in [0.5, 0.6) is 0 Å². The Morgan fingerprint density at radius 3 is 2.60 bits per heavy atom. The standard InChI is InChI=1S/C23H25N3O4/c1-23(2,3)30-22(28)26-12-11-16-15-7-5-6-8-17(15)25-19(16)20(26)14-9-10-18(24-13-14)21(27)29-4/h5-10,13,20,25H,11-12H2,1-4H3/t20-/m0/s1. The quantitative estimate of drug-likeness (QED) is 0.643. The van der Waals surface area contributed by atoms with E-state index in [-0.39, 0.29) is 11.8 Å². The van der Waals surface area contributed by atoms with E-state index < -0.39 is 17.6 Å². The second-order valence-electron chi connectivity index (χ2n) is 8.36. The van der Waals surface area contributed by atoms with Gasteiger partial charge in [-0.15, -0.1) is 0 Å². The van der Waals surface area contributed by atoms with E-state index in [0.29, 0.717) is 6.54 Å². The molecule has 1 aliphatic heterocycles. The van der Waals surface area contributed by atoms with Crippen molar-refractivity contribution in [3.05, 3.63) is 65.1 Å². The highest BCUT2D eigenvalue weighted by atomic mass is 16.6. The number of methoxy groups -OCH3 is 1. The molecule has 7 nitrogen and oxygen atoms in total. The minimum Gasteiger partial charge on any atom is -0.464 e. The van der Waals surface area contributed by atoms with Gasteiger partial charge in [-0.2, -0.15) is 0 Å². The molecule has 3 heterocycles. The summed E-state index contributed by atoms with van der Waals surface area (Å²) in [4.78, 5) is 34.3. The molecule has 0 fully saturated rings. The molecule has 1 N–H and O–H groups in total. The number of carbonyl (C=O) groups is 2. The summed E-state index contributed by atoms with van der Waals surface area (Å²) in [5.74, 6) is -0.500. The van der Waals surface area contributed by atoms with E-state index in [0.717, 1.165) is 28.6 Å². The number of fused-ring (bicyclic) bond motifs is 3. The third-order valence-electron chi connectivity index (χ3n) is 5.16. The van der Waals surface area contributed by atoms with E-state index in [9.17, 15) is 9.59 Å². The first-order valence-corrected chi connectivity index (χ1v) is 9.92. The van der Waals surface area contributed by atoms with Crippen LogP contribution >= 0.6 is 0 Å². The van der Waals surface area contributed by atoms with Crippen molar-refractivity contribution in [2.45, 2.75) is 38.8 Å². The minimum atomic E-state index is -0.602. The third kappa shape index (κ3) is 3.63. The van der Waals surface area contributed by atoms with Crippen molar-refractivity contribution >= 4 is 23.0 Å². The number of H-pyrrole nitrogens is 1. The first kappa shape index (κ1) is 19.9. The average molecular weight is 407 g/mol. The Balaban J connectivity index is 1.80. The third-order valence-corrected chi connectivity index (χ3v) is 5.16. The summed E-state index contributed by atoms with van der Waals surface area (Å²) in [5.41, 5.74) is 3.57. The van der Waals surface area contributed by atoms with Crippen molar-refractivity contribution in [1.82, 2.24) is 14.9 Å². The van der Waals surface area contributed by atoms with Crippen LogP contribution in [-0.4, -0.2) is 46.2 Å². The maximum Gasteiger partial charge on any atom is 0.411 e. The zero-order chi connectivity index (χ0) is 21.5. The number of pyridine rings is 1. The number of para-hydroxylation sites is 1. The summed E-state index contributed by atoms with van der Waals surface area (Å²) in [6.07, 6.45) is 1.96. The monoisotopic (exact) mass is 407 g/mol. The van der Waals surface area contributed by atoms with Gasteiger partial charge in [0.25, 0.3) is 0 Å². The van der Waals surface area contributed by atoms with Gasteiger partial charge in [0.05, 0.1) is 7.11 Å². The lowest BCUT2D eigenvalue weighted by atomic mass is 9.93. The van der Waals surface area contributed by atoms with Gasteiger partial charge in [0.1, 0.15) is 17.3 Å². The fourth-order valence-corrected chi connectivity index (χ4v) is 3.90. The highest BCUT2D eigenvalue weighted by molar-refractivity contribution is 5.87. The summed E-state index contributed by atoms with van der Waals surface area (Å²) < 4.78 is 10.4. The maximum atomic E-state index is 13.0. The lowest BCUT2D eigenvalue weighted by molar-refractivity contribution is 0.0175. The van der Waals surface area contributed by atoms with Crippen LogP contribution < -0.4 is 0 Å². The van der Waals surface area contributed by atoms with E-state index in [1.165, 1.54) is 12.7 Å². The summed E-state index contributed by atoms with van der Waals surface area (Å²) in [5, 5.41) is 1.15. The molecule has 7 heteroatoms. The Labute approximate surface area is 175 Å². The number of aromatic amines is 1. The molecule has 3 aromatic rings. The number of nitrogens with one attached hydrogen (secondary N) is 1. The van der Waals surface area contributed by atoms with Gasteiger partial charge in [0, 0.05) is 29.3 Å². The van der Waals surface area contributed by atoms with E-state index in [1.807, 2.05) is 45.0 Å². The van der Waals surface area contributed by atoms with E-state index in [4.69, 9.17) is 9.47 Å². The van der Waals surface area contributed by atoms with Crippen LogP contribution in [0.2, 0.25) is 0 Å². The summed E-state index contributed by atoms with van der Waals surface area (Å²) in [6.45, 7) is 6.08. The zero-order valence-electron chi connectivity index (χ0n) is 17.6. The van der Waals surface area contributed by atoms with Crippen LogP contribution in [0.1, 0.15) is 54.1 Å². The molecule has 1 amide bonds. The predicted molar refractivity (Wildman–Crippen MR) is 112 cm³/mol. The summed E-state index contributed by atoms with van der Waals surface area (Å²) in [6, 6.07) is 11.1. The molecule has 156 valence electrons. The van der Waals surface area contributed by atoms with Crippen LogP contribution in [0, 0.1) is 0 Å². The predicted octanol–water partition coefficient (Wildman–Crippen LogP) is 4.23. The SMILES string of the molecule is COC(=O)c1ccc([C@H]2c3[nH]c4ccccc4c3CCN2C(=O)OC(C)(C)C)cn1. The molecular formula is C23H25N3O4. The molecule has 0 aliphatic carbocycles. The van der Waals surface area contributed by atoms with Crippen molar-refractivity contribution in [2.75, 3.05) is 13.7 Å². The number of aromatic nitrogens is 2. The van der Waals surface area contributed by atoms with Crippen LogP contribution in [0.3, 0.4) is 0 Å². The van der Waals surface area contributed by atoms with Crippen molar-refractivity contribution in [2.24, 2.45) is 0 Å². The Hall–Kier alpha value is -3.35. The molecule has 0 saturated heterocycles. The molecular weight excluding hydrogens is 382 g/mol. The van der Waals surface area contributed by atoms with Crippen LogP contribution in [-0.2, 0) is 15.9 Å². The highest BCUT2D eigenvalue weighted by Crippen LogP contribution is 2.38. The lowest BCUT2D eigenvalue weighted by Gasteiger charge is -2.37. The number of hydrogen-bond donors (Lipinski definition) is 1. The zero-order valence-corrected chi connectivity index (χ0v) is 17.6. The summed E-state index contributed by atoms with van der Waals surface area (Å²) in [7, 11) is 1.32. The first-order chi connectivity index (χ1) is 14.3. The number of hydrogen-bond acceptors (Lipinski definition) is 5. The van der Waals surface area contributed by atoms with Gasteiger partial charge in [-0.25, -0.2) is 14.6 Å². The molecule has 0 radical (unpaired) electrons. The Bertz CT molecular complexity index is 1100. The Morgan fingerprint density at radius 2 is 1.93 bits per heavy atom. The number of rotatable bonds is 2. The normalized spacial score (nSPS) is 16.3. The number of esters is 1. The van der Waals surface area contributed by atoms with Gasteiger partial charge in [0.15, 0.2) is 0 Å². The number of nitrogens with zero attached hydrogens (tertiary/aromatic N) is 2. The van der Waals surface area contributed by atoms with Crippen molar-refractivity contribution in [3.8, 4) is 0 Å². The van der Waals surface area contributed by atoms with Crippen molar-refractivity contribution in [3.63, 3.8) is 0 Å². The average Bonchev–Trinajstić information content (AvgIpc) is 3.10. The van der Waals surface area contributed by atoms with Crippen LogP contribution in [0.4, 0.5) is 4.79 Å². The minimum absolute atomic E-state index is 0.220. The van der Waals surface area contributed by atoms with Gasteiger partial charge in [-0.05, 0) is 50.5 Å². The fourth-order valence-electron chi connectivity index (χ4n) is 3.90. The van der Waals surface area contributed by atoms with Gasteiger partial charge in [-0.3, -0.25) is 4.90 Å². The Morgan fingerprint density at radius 1 is 1.17 bits per heavy atom. The maximum absolute atomic E-state index is 13.0. The highest BCUT2D eigenvalue weighted by Gasteiger charge is 2.37. The lowest BCUT2D eigenvalue weighted by Crippen LogP contribution is -2.43. The van der Waals surface area contributed by atoms with E-state index >= 15 is 0 Å². The number of benzene rings is 1. The molecule has 30 heavy (non-hydrogen) atoms. The second kappa shape index (κ2) is 7.48. The van der Waals surface area contributed by atoms with Gasteiger partial charge >= 0.3 is 12.1 Å².